The van der Waals surface area contributed by atoms with Crippen molar-refractivity contribution in [2.24, 2.45) is 0 Å². The van der Waals surface area contributed by atoms with Gasteiger partial charge < -0.3 is 0 Å². The van der Waals surface area contributed by atoms with Crippen molar-refractivity contribution < 1.29 is 13.0 Å². The number of rotatable bonds is 3. The summed E-state index contributed by atoms with van der Waals surface area (Å²) in [5, 5.41) is -1.27. The molecule has 1 aromatic rings. The summed E-state index contributed by atoms with van der Waals surface area (Å²) in [7, 11) is -4.20. The molecule has 0 amide bonds. The van der Waals surface area contributed by atoms with Crippen LogP contribution in [-0.4, -0.2) is 28.2 Å². The van der Waals surface area contributed by atoms with E-state index in [0.29, 0.717) is 0 Å². The van der Waals surface area contributed by atoms with Crippen molar-refractivity contribution >= 4 is 44.9 Å². The summed E-state index contributed by atoms with van der Waals surface area (Å²) in [5.74, 6) is -0.665. The van der Waals surface area contributed by atoms with Crippen molar-refractivity contribution in [3.8, 4) is 0 Å². The van der Waals surface area contributed by atoms with Crippen molar-refractivity contribution in [1.29, 1.82) is 0 Å². The maximum Gasteiger partial charge on any atom is 0.268 e. The Morgan fingerprint density at radius 2 is 1.53 bits per heavy atom. The molecular weight excluding hydrogens is 311 g/mol. The Hall–Kier alpha value is -0.140. The van der Waals surface area contributed by atoms with Gasteiger partial charge in [0, 0.05) is 11.5 Å². The Kier molecular flexibility index (Phi) is 4.60. The standard InChI is InChI=1S/C8H9Cl3N2O3S/c1-3(4(2)17(14,15)16)5-6(9)12-8(11)13-7(5)10/h3-4H,1-2H3,(H,14,15,16). The molecule has 1 aromatic heterocycles. The molecule has 0 aliphatic carbocycles. The van der Waals surface area contributed by atoms with E-state index in [4.69, 9.17) is 39.4 Å². The lowest BCUT2D eigenvalue weighted by Crippen LogP contribution is -2.24. The van der Waals surface area contributed by atoms with Crippen LogP contribution in [0.5, 0.6) is 0 Å². The smallest absolute Gasteiger partial charge is 0.268 e. The van der Waals surface area contributed by atoms with Crippen LogP contribution in [0.2, 0.25) is 15.6 Å². The predicted molar refractivity (Wildman–Crippen MR) is 66.5 cm³/mol. The summed E-state index contributed by atoms with van der Waals surface area (Å²) in [5.41, 5.74) is 0.239. The second-order valence-electron chi connectivity index (χ2n) is 3.50. The summed E-state index contributed by atoms with van der Waals surface area (Å²) in [6.45, 7) is 2.88. The van der Waals surface area contributed by atoms with Crippen LogP contribution in [0.4, 0.5) is 0 Å². The summed E-state index contributed by atoms with van der Waals surface area (Å²) >= 11 is 17.2. The molecule has 1 heterocycles. The zero-order valence-corrected chi connectivity index (χ0v) is 11.9. The molecule has 2 atom stereocenters. The number of nitrogens with zero attached hydrogens (tertiary/aromatic N) is 2. The quantitative estimate of drug-likeness (QED) is 0.526. The van der Waals surface area contributed by atoms with Gasteiger partial charge in [0.05, 0.1) is 5.25 Å². The van der Waals surface area contributed by atoms with E-state index >= 15 is 0 Å². The first-order valence-electron chi connectivity index (χ1n) is 4.49. The fourth-order valence-electron chi connectivity index (χ4n) is 1.26. The third-order valence-electron chi connectivity index (χ3n) is 2.45. The normalized spacial score (nSPS) is 15.6. The summed E-state index contributed by atoms with van der Waals surface area (Å²) in [4.78, 5) is 7.36. The highest BCUT2D eigenvalue weighted by Gasteiger charge is 2.29. The second-order valence-corrected chi connectivity index (χ2v) is 6.32. The highest BCUT2D eigenvalue weighted by atomic mass is 35.5. The largest absolute Gasteiger partial charge is 0.285 e. The Labute approximate surface area is 114 Å². The van der Waals surface area contributed by atoms with Crippen LogP contribution < -0.4 is 0 Å². The lowest BCUT2D eigenvalue weighted by Gasteiger charge is -2.18. The molecule has 2 unspecified atom stereocenters. The van der Waals surface area contributed by atoms with Crippen molar-refractivity contribution in [2.45, 2.75) is 25.0 Å². The van der Waals surface area contributed by atoms with Gasteiger partial charge >= 0.3 is 0 Å². The topological polar surface area (TPSA) is 80.2 Å². The number of halogens is 3. The van der Waals surface area contributed by atoms with Gasteiger partial charge in [-0.05, 0) is 18.5 Å². The molecule has 0 spiro atoms. The third kappa shape index (κ3) is 3.42. The molecule has 9 heteroatoms. The van der Waals surface area contributed by atoms with Crippen molar-refractivity contribution in [3.05, 3.63) is 21.2 Å². The minimum Gasteiger partial charge on any atom is -0.285 e. The van der Waals surface area contributed by atoms with Gasteiger partial charge in [0.1, 0.15) is 10.3 Å². The van der Waals surface area contributed by atoms with E-state index in [-0.39, 0.29) is 21.2 Å². The fourth-order valence-corrected chi connectivity index (χ4v) is 2.90. The highest BCUT2D eigenvalue weighted by Crippen LogP contribution is 2.33. The van der Waals surface area contributed by atoms with E-state index in [1.165, 1.54) is 6.92 Å². The molecular formula is C8H9Cl3N2O3S. The predicted octanol–water partition coefficient (Wildman–Crippen LogP) is 2.82. The number of aromatic nitrogens is 2. The van der Waals surface area contributed by atoms with E-state index in [1.54, 1.807) is 6.92 Å². The van der Waals surface area contributed by atoms with Crippen LogP contribution in [-0.2, 0) is 10.1 Å². The highest BCUT2D eigenvalue weighted by molar-refractivity contribution is 7.86. The molecule has 0 saturated carbocycles. The first-order chi connectivity index (χ1) is 7.64. The van der Waals surface area contributed by atoms with Crippen LogP contribution in [0.15, 0.2) is 0 Å². The second kappa shape index (κ2) is 5.24. The van der Waals surface area contributed by atoms with Gasteiger partial charge in [0.25, 0.3) is 10.1 Å². The van der Waals surface area contributed by atoms with Gasteiger partial charge in [-0.3, -0.25) is 4.55 Å². The Balaban J connectivity index is 3.26. The molecule has 0 fully saturated rings. The zero-order valence-electron chi connectivity index (χ0n) is 8.85. The number of hydrogen-bond donors (Lipinski definition) is 1. The van der Waals surface area contributed by atoms with E-state index < -0.39 is 21.3 Å². The average Bonchev–Trinajstić information content (AvgIpc) is 2.13. The monoisotopic (exact) mass is 318 g/mol. The van der Waals surface area contributed by atoms with Crippen molar-refractivity contribution in [3.63, 3.8) is 0 Å². The lowest BCUT2D eigenvalue weighted by atomic mass is 10.0. The first kappa shape index (κ1) is 14.9. The van der Waals surface area contributed by atoms with Gasteiger partial charge in [-0.1, -0.05) is 30.1 Å². The van der Waals surface area contributed by atoms with Crippen molar-refractivity contribution in [1.82, 2.24) is 9.97 Å². The van der Waals surface area contributed by atoms with Crippen molar-refractivity contribution in [2.75, 3.05) is 0 Å². The van der Waals surface area contributed by atoms with E-state index in [0.717, 1.165) is 0 Å². The average molecular weight is 320 g/mol. The molecule has 96 valence electrons. The fraction of sp³-hybridized carbons (Fsp3) is 0.500. The lowest BCUT2D eigenvalue weighted by molar-refractivity contribution is 0.461. The molecule has 0 radical (unpaired) electrons. The zero-order chi connectivity index (χ0) is 13.4. The Morgan fingerprint density at radius 3 is 1.88 bits per heavy atom. The first-order valence-corrected chi connectivity index (χ1v) is 7.13. The molecule has 0 bridgehead atoms. The van der Waals surface area contributed by atoms with E-state index in [2.05, 4.69) is 9.97 Å². The molecule has 1 N–H and O–H groups in total. The van der Waals surface area contributed by atoms with E-state index in [1.807, 2.05) is 0 Å². The molecule has 5 nitrogen and oxygen atoms in total. The maximum absolute atomic E-state index is 11.0. The van der Waals surface area contributed by atoms with Crippen LogP contribution in [0.1, 0.15) is 25.3 Å². The van der Waals surface area contributed by atoms with Gasteiger partial charge in [-0.2, -0.15) is 8.42 Å². The Bertz CT molecular complexity index is 512. The van der Waals surface area contributed by atoms with Gasteiger partial charge in [-0.25, -0.2) is 9.97 Å². The third-order valence-corrected chi connectivity index (χ3v) is 4.55. The minimum absolute atomic E-state index is 0.0296. The molecule has 0 aliphatic heterocycles. The molecule has 0 aliphatic rings. The molecule has 1 rings (SSSR count). The maximum atomic E-state index is 11.0. The van der Waals surface area contributed by atoms with Gasteiger partial charge in [0.15, 0.2) is 0 Å². The van der Waals surface area contributed by atoms with Crippen LogP contribution >= 0.6 is 34.8 Å². The molecule has 17 heavy (non-hydrogen) atoms. The van der Waals surface area contributed by atoms with Gasteiger partial charge in [-0.15, -0.1) is 0 Å². The minimum atomic E-state index is -4.20. The molecule has 0 aromatic carbocycles. The number of hydrogen-bond acceptors (Lipinski definition) is 4. The summed E-state index contributed by atoms with van der Waals surface area (Å²) in [6, 6.07) is 0. The Morgan fingerprint density at radius 1 is 1.12 bits per heavy atom. The van der Waals surface area contributed by atoms with Crippen LogP contribution in [0.25, 0.3) is 0 Å². The van der Waals surface area contributed by atoms with Crippen LogP contribution in [0.3, 0.4) is 0 Å². The summed E-state index contributed by atoms with van der Waals surface area (Å²) in [6.07, 6.45) is 0. The SMILES string of the molecule is CC(c1c(Cl)nc(Cl)nc1Cl)C(C)S(=O)(=O)O. The molecule has 0 saturated heterocycles. The van der Waals surface area contributed by atoms with Gasteiger partial charge in [0.2, 0.25) is 5.28 Å². The van der Waals surface area contributed by atoms with Crippen LogP contribution in [0, 0.1) is 0 Å². The summed E-state index contributed by atoms with van der Waals surface area (Å²) < 4.78 is 31.0. The van der Waals surface area contributed by atoms with E-state index in [9.17, 15) is 8.42 Å².